The molecule has 0 heterocycles. The standard InChI is InChI=1S/C21H23BrO2/c1-23-19-13-16(8-7-15-9-11-18(22)12-10-15)14-20(24-2)21(19)17-5-3-4-6-17/h7-14,17H,3-6H2,1-2H3/b8-7+. The van der Waals surface area contributed by atoms with Crippen molar-refractivity contribution in [1.82, 2.24) is 0 Å². The van der Waals surface area contributed by atoms with Crippen molar-refractivity contribution >= 4 is 28.1 Å². The average Bonchev–Trinajstić information content (AvgIpc) is 3.14. The van der Waals surface area contributed by atoms with Gasteiger partial charge in [-0.2, -0.15) is 0 Å². The summed E-state index contributed by atoms with van der Waals surface area (Å²) in [7, 11) is 3.49. The normalized spacial score (nSPS) is 15.1. The van der Waals surface area contributed by atoms with E-state index in [-0.39, 0.29) is 0 Å². The van der Waals surface area contributed by atoms with Crippen LogP contribution in [-0.2, 0) is 0 Å². The molecule has 1 aliphatic rings. The predicted molar refractivity (Wildman–Crippen MR) is 104 cm³/mol. The topological polar surface area (TPSA) is 18.5 Å². The van der Waals surface area contributed by atoms with Crippen molar-refractivity contribution < 1.29 is 9.47 Å². The molecule has 0 bridgehead atoms. The molecule has 3 heteroatoms. The fourth-order valence-corrected chi connectivity index (χ4v) is 3.70. The van der Waals surface area contributed by atoms with E-state index in [9.17, 15) is 0 Å². The van der Waals surface area contributed by atoms with Crippen LogP contribution in [0.25, 0.3) is 12.2 Å². The summed E-state index contributed by atoms with van der Waals surface area (Å²) in [5.74, 6) is 2.44. The first-order valence-corrected chi connectivity index (χ1v) is 9.20. The van der Waals surface area contributed by atoms with Gasteiger partial charge in [-0.05, 0) is 54.2 Å². The number of benzene rings is 2. The van der Waals surface area contributed by atoms with Gasteiger partial charge in [0.15, 0.2) is 0 Å². The number of methoxy groups -OCH3 is 2. The minimum atomic E-state index is 0.555. The number of rotatable bonds is 5. The Labute approximate surface area is 152 Å². The first kappa shape index (κ1) is 17.1. The van der Waals surface area contributed by atoms with Gasteiger partial charge < -0.3 is 9.47 Å². The van der Waals surface area contributed by atoms with Crippen LogP contribution in [-0.4, -0.2) is 14.2 Å². The average molecular weight is 387 g/mol. The van der Waals surface area contributed by atoms with Crippen LogP contribution in [0.2, 0.25) is 0 Å². The van der Waals surface area contributed by atoms with E-state index >= 15 is 0 Å². The molecule has 126 valence electrons. The van der Waals surface area contributed by atoms with Crippen LogP contribution in [0.15, 0.2) is 40.9 Å². The summed E-state index contributed by atoms with van der Waals surface area (Å²) in [5.41, 5.74) is 3.49. The highest BCUT2D eigenvalue weighted by atomic mass is 79.9. The number of ether oxygens (including phenoxy) is 2. The first-order chi connectivity index (χ1) is 11.7. The van der Waals surface area contributed by atoms with Crippen LogP contribution in [0.4, 0.5) is 0 Å². The maximum Gasteiger partial charge on any atom is 0.126 e. The summed E-state index contributed by atoms with van der Waals surface area (Å²) in [6, 6.07) is 12.5. The molecule has 0 amide bonds. The Morgan fingerprint density at radius 1 is 0.875 bits per heavy atom. The van der Waals surface area contributed by atoms with Crippen molar-refractivity contribution in [3.8, 4) is 11.5 Å². The summed E-state index contributed by atoms with van der Waals surface area (Å²) >= 11 is 3.46. The Kier molecular flexibility index (Phi) is 5.62. The Hall–Kier alpha value is -1.74. The van der Waals surface area contributed by atoms with Gasteiger partial charge in [-0.25, -0.2) is 0 Å². The third kappa shape index (κ3) is 3.84. The minimum absolute atomic E-state index is 0.555. The van der Waals surface area contributed by atoms with E-state index in [1.807, 2.05) is 12.1 Å². The van der Waals surface area contributed by atoms with Gasteiger partial charge in [0.25, 0.3) is 0 Å². The number of halogens is 1. The molecule has 0 atom stereocenters. The van der Waals surface area contributed by atoms with Crippen LogP contribution in [0.1, 0.15) is 48.3 Å². The predicted octanol–water partition coefficient (Wildman–Crippen LogP) is 6.29. The van der Waals surface area contributed by atoms with E-state index in [0.29, 0.717) is 5.92 Å². The van der Waals surface area contributed by atoms with Gasteiger partial charge >= 0.3 is 0 Å². The molecule has 0 aliphatic heterocycles. The van der Waals surface area contributed by atoms with Crippen molar-refractivity contribution in [3.63, 3.8) is 0 Å². The van der Waals surface area contributed by atoms with Crippen LogP contribution in [0.5, 0.6) is 11.5 Å². The van der Waals surface area contributed by atoms with Gasteiger partial charge in [0.2, 0.25) is 0 Å². The Balaban J connectivity index is 1.92. The second kappa shape index (κ2) is 7.89. The molecule has 0 unspecified atom stereocenters. The van der Waals surface area contributed by atoms with Gasteiger partial charge in [-0.15, -0.1) is 0 Å². The lowest BCUT2D eigenvalue weighted by atomic mass is 9.94. The fraction of sp³-hybridized carbons (Fsp3) is 0.333. The molecular weight excluding hydrogens is 364 g/mol. The lowest BCUT2D eigenvalue weighted by molar-refractivity contribution is 0.378. The molecule has 2 aromatic rings. The molecule has 1 fully saturated rings. The van der Waals surface area contributed by atoms with Crippen molar-refractivity contribution in [3.05, 3.63) is 57.6 Å². The highest BCUT2D eigenvalue weighted by Gasteiger charge is 2.24. The monoisotopic (exact) mass is 386 g/mol. The molecule has 0 radical (unpaired) electrons. The SMILES string of the molecule is COc1cc(/C=C/c2ccc(Br)cc2)cc(OC)c1C1CCCC1. The zero-order chi connectivity index (χ0) is 16.9. The van der Waals surface area contributed by atoms with Crippen molar-refractivity contribution in [2.75, 3.05) is 14.2 Å². The Bertz CT molecular complexity index is 688. The molecule has 0 saturated heterocycles. The van der Waals surface area contributed by atoms with E-state index < -0.39 is 0 Å². The van der Waals surface area contributed by atoms with Gasteiger partial charge in [0, 0.05) is 10.0 Å². The summed E-state index contributed by atoms with van der Waals surface area (Å²) in [6.45, 7) is 0. The summed E-state index contributed by atoms with van der Waals surface area (Å²) in [4.78, 5) is 0. The van der Waals surface area contributed by atoms with Crippen LogP contribution in [0.3, 0.4) is 0 Å². The third-order valence-electron chi connectivity index (χ3n) is 4.67. The van der Waals surface area contributed by atoms with Gasteiger partial charge in [-0.3, -0.25) is 0 Å². The quantitative estimate of drug-likeness (QED) is 0.561. The Morgan fingerprint density at radius 3 is 1.96 bits per heavy atom. The molecular formula is C21H23BrO2. The molecule has 2 aromatic carbocycles. The highest BCUT2D eigenvalue weighted by molar-refractivity contribution is 9.10. The molecule has 3 rings (SSSR count). The smallest absolute Gasteiger partial charge is 0.126 e. The van der Waals surface area contributed by atoms with Crippen molar-refractivity contribution in [2.24, 2.45) is 0 Å². The minimum Gasteiger partial charge on any atom is -0.496 e. The zero-order valence-corrected chi connectivity index (χ0v) is 15.8. The lowest BCUT2D eigenvalue weighted by Crippen LogP contribution is -2.01. The highest BCUT2D eigenvalue weighted by Crippen LogP contribution is 2.44. The fourth-order valence-electron chi connectivity index (χ4n) is 3.44. The second-order valence-corrected chi connectivity index (χ2v) is 7.12. The number of hydrogen-bond donors (Lipinski definition) is 0. The summed E-state index contributed by atoms with van der Waals surface area (Å²) in [5, 5.41) is 0. The summed E-state index contributed by atoms with van der Waals surface area (Å²) in [6.07, 6.45) is 9.24. The van der Waals surface area contributed by atoms with E-state index in [1.165, 1.54) is 31.2 Å². The van der Waals surface area contributed by atoms with Crippen LogP contribution < -0.4 is 9.47 Å². The third-order valence-corrected chi connectivity index (χ3v) is 5.20. The first-order valence-electron chi connectivity index (χ1n) is 8.41. The lowest BCUT2D eigenvalue weighted by Gasteiger charge is -2.19. The molecule has 24 heavy (non-hydrogen) atoms. The molecule has 2 nitrogen and oxygen atoms in total. The van der Waals surface area contributed by atoms with Crippen molar-refractivity contribution in [2.45, 2.75) is 31.6 Å². The Morgan fingerprint density at radius 2 is 1.42 bits per heavy atom. The molecule has 0 aromatic heterocycles. The van der Waals surface area contributed by atoms with Gasteiger partial charge in [-0.1, -0.05) is 53.1 Å². The van der Waals surface area contributed by atoms with Crippen LogP contribution in [0, 0.1) is 0 Å². The largest absolute Gasteiger partial charge is 0.496 e. The number of hydrogen-bond acceptors (Lipinski definition) is 2. The summed E-state index contributed by atoms with van der Waals surface area (Å²) < 4.78 is 12.5. The maximum absolute atomic E-state index is 5.69. The molecule has 1 aliphatic carbocycles. The van der Waals surface area contributed by atoms with E-state index in [2.05, 4.69) is 52.3 Å². The molecule has 1 saturated carbocycles. The van der Waals surface area contributed by atoms with Gasteiger partial charge in [0.1, 0.15) is 11.5 Å². The second-order valence-electron chi connectivity index (χ2n) is 6.21. The van der Waals surface area contributed by atoms with Crippen molar-refractivity contribution in [1.29, 1.82) is 0 Å². The maximum atomic E-state index is 5.69. The van der Waals surface area contributed by atoms with E-state index in [1.54, 1.807) is 14.2 Å². The zero-order valence-electron chi connectivity index (χ0n) is 14.2. The van der Waals surface area contributed by atoms with Crippen LogP contribution >= 0.6 is 15.9 Å². The van der Waals surface area contributed by atoms with Gasteiger partial charge in [0.05, 0.1) is 14.2 Å². The molecule has 0 spiro atoms. The van der Waals surface area contributed by atoms with E-state index in [4.69, 9.17) is 9.47 Å². The van der Waals surface area contributed by atoms with E-state index in [0.717, 1.165) is 27.1 Å². The molecule has 0 N–H and O–H groups in total.